The normalized spacial score (nSPS) is 19.5. The smallest absolute Gasteiger partial charge is 0.244 e. The standard InChI is InChI=1S/C23H27N3O4S/c27-22-17-26(21-13-5-4-12-20(21)24-22)23(28)19-11-6-14-25(16-19)31(29,30)15-7-10-18-8-2-1-3-9-18/h1-5,8-9,12-13,19H,6-7,10-11,14-17H2,(H,24,27)/t19-/m1/s1. The first-order chi connectivity index (χ1) is 14.9. The first-order valence-electron chi connectivity index (χ1n) is 10.7. The van der Waals surface area contributed by atoms with Crippen molar-refractivity contribution in [2.45, 2.75) is 25.7 Å². The first kappa shape index (κ1) is 21.5. The van der Waals surface area contributed by atoms with Gasteiger partial charge in [0.15, 0.2) is 0 Å². The van der Waals surface area contributed by atoms with Gasteiger partial charge in [0.1, 0.15) is 6.54 Å². The Hall–Kier alpha value is -2.71. The highest BCUT2D eigenvalue weighted by molar-refractivity contribution is 7.89. The monoisotopic (exact) mass is 441 g/mol. The molecule has 7 nitrogen and oxygen atoms in total. The molecule has 0 spiro atoms. The summed E-state index contributed by atoms with van der Waals surface area (Å²) in [5, 5.41) is 2.78. The van der Waals surface area contributed by atoms with Crippen LogP contribution in [0.15, 0.2) is 54.6 Å². The zero-order valence-electron chi connectivity index (χ0n) is 17.4. The maximum Gasteiger partial charge on any atom is 0.244 e. The molecule has 1 N–H and O–H groups in total. The fraction of sp³-hybridized carbons (Fsp3) is 0.391. The molecule has 2 heterocycles. The van der Waals surface area contributed by atoms with E-state index >= 15 is 0 Å². The third kappa shape index (κ3) is 4.97. The van der Waals surface area contributed by atoms with Crippen LogP contribution in [0.2, 0.25) is 0 Å². The van der Waals surface area contributed by atoms with Crippen molar-refractivity contribution in [2.75, 3.05) is 35.6 Å². The number of fused-ring (bicyclic) bond motifs is 1. The number of para-hydroxylation sites is 2. The number of hydrogen-bond acceptors (Lipinski definition) is 4. The predicted octanol–water partition coefficient (Wildman–Crippen LogP) is 2.65. The highest BCUT2D eigenvalue weighted by atomic mass is 32.2. The molecular weight excluding hydrogens is 414 g/mol. The van der Waals surface area contributed by atoms with Crippen LogP contribution in [0.5, 0.6) is 0 Å². The van der Waals surface area contributed by atoms with Crippen molar-refractivity contribution in [1.82, 2.24) is 4.31 Å². The summed E-state index contributed by atoms with van der Waals surface area (Å²) in [7, 11) is -3.44. The minimum absolute atomic E-state index is 0.0455. The van der Waals surface area contributed by atoms with Crippen LogP contribution in [0.25, 0.3) is 0 Å². The molecule has 0 radical (unpaired) electrons. The Morgan fingerprint density at radius 1 is 1.06 bits per heavy atom. The van der Waals surface area contributed by atoms with Crippen LogP contribution in [0, 0.1) is 5.92 Å². The van der Waals surface area contributed by atoms with E-state index in [1.807, 2.05) is 36.4 Å². The van der Waals surface area contributed by atoms with Gasteiger partial charge in [-0.25, -0.2) is 12.7 Å². The van der Waals surface area contributed by atoms with Gasteiger partial charge in [-0.1, -0.05) is 42.5 Å². The molecule has 0 unspecified atom stereocenters. The van der Waals surface area contributed by atoms with Crippen LogP contribution in [0.3, 0.4) is 0 Å². The molecule has 2 amide bonds. The second kappa shape index (κ2) is 9.20. The Kier molecular flexibility index (Phi) is 6.38. The van der Waals surface area contributed by atoms with E-state index in [1.165, 1.54) is 9.21 Å². The molecule has 1 fully saturated rings. The van der Waals surface area contributed by atoms with E-state index in [0.29, 0.717) is 43.6 Å². The fourth-order valence-electron chi connectivity index (χ4n) is 4.28. The number of sulfonamides is 1. The van der Waals surface area contributed by atoms with E-state index in [2.05, 4.69) is 5.32 Å². The largest absolute Gasteiger partial charge is 0.323 e. The van der Waals surface area contributed by atoms with Crippen LogP contribution < -0.4 is 10.2 Å². The number of benzene rings is 2. The highest BCUT2D eigenvalue weighted by Crippen LogP contribution is 2.32. The number of carbonyl (C=O) groups is 2. The van der Waals surface area contributed by atoms with Crippen molar-refractivity contribution in [3.05, 3.63) is 60.2 Å². The lowest BCUT2D eigenvalue weighted by Gasteiger charge is -2.36. The van der Waals surface area contributed by atoms with Crippen molar-refractivity contribution in [3.63, 3.8) is 0 Å². The zero-order chi connectivity index (χ0) is 21.8. The lowest BCUT2D eigenvalue weighted by Crippen LogP contribution is -2.50. The Morgan fingerprint density at radius 2 is 1.81 bits per heavy atom. The summed E-state index contributed by atoms with van der Waals surface area (Å²) in [6.07, 6.45) is 2.50. The predicted molar refractivity (Wildman–Crippen MR) is 120 cm³/mol. The molecule has 31 heavy (non-hydrogen) atoms. The van der Waals surface area contributed by atoms with Gasteiger partial charge in [-0.15, -0.1) is 0 Å². The third-order valence-corrected chi connectivity index (χ3v) is 7.80. The molecule has 2 aromatic carbocycles. The van der Waals surface area contributed by atoms with Gasteiger partial charge in [-0.3, -0.25) is 9.59 Å². The van der Waals surface area contributed by atoms with Gasteiger partial charge in [0.05, 0.1) is 23.0 Å². The average molecular weight is 442 g/mol. The lowest BCUT2D eigenvalue weighted by molar-refractivity contribution is -0.125. The van der Waals surface area contributed by atoms with E-state index in [0.717, 1.165) is 5.56 Å². The lowest BCUT2D eigenvalue weighted by atomic mass is 9.97. The number of nitrogens with one attached hydrogen (secondary N) is 1. The molecule has 0 saturated carbocycles. The van der Waals surface area contributed by atoms with E-state index in [1.54, 1.807) is 18.2 Å². The summed E-state index contributed by atoms with van der Waals surface area (Å²) in [6.45, 7) is 0.567. The van der Waals surface area contributed by atoms with Crippen molar-refractivity contribution in [3.8, 4) is 0 Å². The van der Waals surface area contributed by atoms with Gasteiger partial charge in [-0.05, 0) is 43.4 Å². The highest BCUT2D eigenvalue weighted by Gasteiger charge is 2.36. The SMILES string of the molecule is O=C1CN(C(=O)[C@@H]2CCCN(S(=O)(=O)CCCc3ccccc3)C2)c2ccccc2N1. The summed E-state index contributed by atoms with van der Waals surface area (Å²) in [4.78, 5) is 26.8. The Labute approximate surface area is 183 Å². The Bertz CT molecular complexity index is 1060. The summed E-state index contributed by atoms with van der Waals surface area (Å²) in [5.74, 6) is -0.811. The Balaban J connectivity index is 1.41. The average Bonchev–Trinajstić information content (AvgIpc) is 2.78. The number of carbonyl (C=O) groups excluding carboxylic acids is 2. The maximum atomic E-state index is 13.3. The van der Waals surface area contributed by atoms with Gasteiger partial charge < -0.3 is 10.2 Å². The van der Waals surface area contributed by atoms with Crippen molar-refractivity contribution in [1.29, 1.82) is 0 Å². The Morgan fingerprint density at radius 3 is 2.61 bits per heavy atom. The first-order valence-corrected chi connectivity index (χ1v) is 12.3. The van der Waals surface area contributed by atoms with Gasteiger partial charge >= 0.3 is 0 Å². The number of piperidine rings is 1. The van der Waals surface area contributed by atoms with Crippen LogP contribution >= 0.6 is 0 Å². The molecule has 4 rings (SSSR count). The second-order valence-electron chi connectivity index (χ2n) is 8.09. The van der Waals surface area contributed by atoms with Crippen LogP contribution in [0.4, 0.5) is 11.4 Å². The molecule has 0 bridgehead atoms. The van der Waals surface area contributed by atoms with E-state index in [9.17, 15) is 18.0 Å². The zero-order valence-corrected chi connectivity index (χ0v) is 18.2. The van der Waals surface area contributed by atoms with Gasteiger partial charge in [0.25, 0.3) is 0 Å². The van der Waals surface area contributed by atoms with Crippen LogP contribution in [-0.2, 0) is 26.0 Å². The third-order valence-electron chi connectivity index (χ3n) is 5.87. The van der Waals surface area contributed by atoms with Gasteiger partial charge in [0.2, 0.25) is 21.8 Å². The number of amides is 2. The van der Waals surface area contributed by atoms with Crippen molar-refractivity contribution < 1.29 is 18.0 Å². The number of hydrogen-bond donors (Lipinski definition) is 1. The fourth-order valence-corrected chi connectivity index (χ4v) is 5.86. The molecule has 1 saturated heterocycles. The van der Waals surface area contributed by atoms with Crippen molar-refractivity contribution >= 4 is 33.2 Å². The number of nitrogens with zero attached hydrogens (tertiary/aromatic N) is 2. The van der Waals surface area contributed by atoms with E-state index < -0.39 is 15.9 Å². The number of aryl methyl sites for hydroxylation is 1. The second-order valence-corrected chi connectivity index (χ2v) is 10.2. The van der Waals surface area contributed by atoms with Gasteiger partial charge in [0, 0.05) is 13.1 Å². The van der Waals surface area contributed by atoms with Crippen LogP contribution in [-0.4, -0.2) is 49.9 Å². The van der Waals surface area contributed by atoms with E-state index in [-0.39, 0.29) is 30.7 Å². The van der Waals surface area contributed by atoms with Crippen LogP contribution in [0.1, 0.15) is 24.8 Å². The maximum absolute atomic E-state index is 13.3. The molecular formula is C23H27N3O4S. The molecule has 2 aliphatic heterocycles. The summed E-state index contributed by atoms with van der Waals surface area (Å²) in [6, 6.07) is 17.0. The minimum Gasteiger partial charge on any atom is -0.323 e. The van der Waals surface area contributed by atoms with E-state index in [4.69, 9.17) is 0 Å². The van der Waals surface area contributed by atoms with Gasteiger partial charge in [-0.2, -0.15) is 0 Å². The number of anilines is 2. The molecule has 2 aromatic rings. The quantitative estimate of drug-likeness (QED) is 0.747. The molecule has 2 aliphatic rings. The molecule has 0 aliphatic carbocycles. The molecule has 164 valence electrons. The summed E-state index contributed by atoms with van der Waals surface area (Å²) >= 11 is 0. The minimum atomic E-state index is -3.44. The summed E-state index contributed by atoms with van der Waals surface area (Å²) in [5.41, 5.74) is 2.38. The summed E-state index contributed by atoms with van der Waals surface area (Å²) < 4.78 is 27.3. The van der Waals surface area contributed by atoms with Crippen molar-refractivity contribution in [2.24, 2.45) is 5.92 Å². The molecule has 8 heteroatoms. The topological polar surface area (TPSA) is 86.8 Å². The number of rotatable bonds is 6. The molecule has 1 atom stereocenters. The molecule has 0 aromatic heterocycles.